The van der Waals surface area contributed by atoms with Gasteiger partial charge < -0.3 is 14.8 Å². The van der Waals surface area contributed by atoms with Gasteiger partial charge in [0.25, 0.3) is 0 Å². The number of hydrogen-bond donors (Lipinski definition) is 1. The van der Waals surface area contributed by atoms with Gasteiger partial charge in [0.15, 0.2) is 23.1 Å². The van der Waals surface area contributed by atoms with E-state index in [0.717, 1.165) is 59.4 Å². The van der Waals surface area contributed by atoms with E-state index in [0.29, 0.717) is 30.9 Å². The average Bonchev–Trinajstić information content (AvgIpc) is 2.84. The molecule has 5 nitrogen and oxygen atoms in total. The van der Waals surface area contributed by atoms with Crippen molar-refractivity contribution in [2.24, 2.45) is 0 Å². The summed E-state index contributed by atoms with van der Waals surface area (Å²) in [6.45, 7) is 4.63. The number of rotatable bonds is 5. The molecule has 2 aromatic carbocycles. The summed E-state index contributed by atoms with van der Waals surface area (Å²) >= 11 is 0. The van der Waals surface area contributed by atoms with E-state index in [-0.39, 0.29) is 17.5 Å². The molecule has 2 aromatic rings. The van der Waals surface area contributed by atoms with Crippen LogP contribution in [-0.4, -0.2) is 18.7 Å². The molecular weight excluding hydrogens is 426 g/mol. The van der Waals surface area contributed by atoms with Gasteiger partial charge in [0.05, 0.1) is 7.11 Å². The van der Waals surface area contributed by atoms with Gasteiger partial charge in [-0.15, -0.1) is 0 Å². The van der Waals surface area contributed by atoms with E-state index in [1.807, 2.05) is 18.2 Å². The van der Waals surface area contributed by atoms with Gasteiger partial charge in [-0.1, -0.05) is 24.3 Å². The number of carbonyl (C=O) groups is 2. The lowest BCUT2D eigenvalue weighted by atomic mass is 9.71. The Kier molecular flexibility index (Phi) is 6.03. The standard InChI is InChI=1S/C29H31NO4/c1-17-10-11-19(14-18(17)2)16-34-25-13-12-20(15-26(25)33-3)27-28-21(6-4-8-23(28)31)30-22-7-5-9-24(32)29(22)27/h10-15,27,30H,4-9,16H2,1-3H3. The topological polar surface area (TPSA) is 64.6 Å². The summed E-state index contributed by atoms with van der Waals surface area (Å²) < 4.78 is 11.8. The van der Waals surface area contributed by atoms with Gasteiger partial charge in [-0.25, -0.2) is 0 Å². The van der Waals surface area contributed by atoms with Crippen LogP contribution >= 0.6 is 0 Å². The summed E-state index contributed by atoms with van der Waals surface area (Å²) in [5.74, 6) is 1.19. The predicted octanol–water partition coefficient (Wildman–Crippen LogP) is 5.59. The van der Waals surface area contributed by atoms with Crippen LogP contribution < -0.4 is 14.8 Å². The third-order valence-corrected chi connectivity index (χ3v) is 7.28. The van der Waals surface area contributed by atoms with Gasteiger partial charge in [-0.05, 0) is 73.9 Å². The molecule has 5 rings (SSSR count). The van der Waals surface area contributed by atoms with Crippen LogP contribution in [0.15, 0.2) is 58.9 Å². The first-order valence-electron chi connectivity index (χ1n) is 12.1. The van der Waals surface area contributed by atoms with Crippen molar-refractivity contribution >= 4 is 11.6 Å². The number of ether oxygens (including phenoxy) is 2. The third-order valence-electron chi connectivity index (χ3n) is 7.28. The lowest BCUT2D eigenvalue weighted by molar-refractivity contribution is -0.116. The Hall–Kier alpha value is -3.34. The maximum Gasteiger partial charge on any atom is 0.161 e. The quantitative estimate of drug-likeness (QED) is 0.634. The van der Waals surface area contributed by atoms with Gasteiger partial charge in [0.2, 0.25) is 0 Å². The minimum atomic E-state index is -0.338. The summed E-state index contributed by atoms with van der Waals surface area (Å²) in [6, 6.07) is 12.1. The van der Waals surface area contributed by atoms with Gasteiger partial charge in [0, 0.05) is 41.3 Å². The number of carbonyl (C=O) groups excluding carboxylic acids is 2. The summed E-state index contributed by atoms with van der Waals surface area (Å²) in [7, 11) is 1.62. The van der Waals surface area contributed by atoms with Crippen molar-refractivity contribution in [3.63, 3.8) is 0 Å². The number of benzene rings is 2. The predicted molar refractivity (Wildman–Crippen MR) is 131 cm³/mol. The highest BCUT2D eigenvalue weighted by molar-refractivity contribution is 6.06. The van der Waals surface area contributed by atoms with Crippen molar-refractivity contribution in [3.8, 4) is 11.5 Å². The molecule has 0 saturated heterocycles. The highest BCUT2D eigenvalue weighted by atomic mass is 16.5. The van der Waals surface area contributed by atoms with Crippen LogP contribution in [-0.2, 0) is 16.2 Å². The molecule has 1 aliphatic heterocycles. The van der Waals surface area contributed by atoms with E-state index >= 15 is 0 Å². The zero-order valence-corrected chi connectivity index (χ0v) is 20.1. The normalized spacial score (nSPS) is 18.4. The molecule has 0 fully saturated rings. The summed E-state index contributed by atoms with van der Waals surface area (Å²) in [5, 5.41) is 3.47. The van der Waals surface area contributed by atoms with E-state index in [4.69, 9.17) is 9.47 Å². The van der Waals surface area contributed by atoms with E-state index < -0.39 is 0 Å². The third kappa shape index (κ3) is 4.04. The molecule has 1 N–H and O–H groups in total. The van der Waals surface area contributed by atoms with Crippen LogP contribution in [0.25, 0.3) is 0 Å². The first-order chi connectivity index (χ1) is 16.5. The SMILES string of the molecule is COc1cc(C2C3=C(CCCC3=O)NC3=C2C(=O)CCC3)ccc1OCc1ccc(C)c(C)c1. The van der Waals surface area contributed by atoms with Crippen molar-refractivity contribution in [2.75, 3.05) is 7.11 Å². The molecule has 0 radical (unpaired) electrons. The number of hydrogen-bond acceptors (Lipinski definition) is 5. The van der Waals surface area contributed by atoms with Gasteiger partial charge in [-0.3, -0.25) is 9.59 Å². The Balaban J connectivity index is 1.50. The molecule has 176 valence electrons. The van der Waals surface area contributed by atoms with E-state index in [9.17, 15) is 9.59 Å². The smallest absolute Gasteiger partial charge is 0.161 e. The van der Waals surface area contributed by atoms with Crippen LogP contribution in [0.3, 0.4) is 0 Å². The molecule has 0 amide bonds. The minimum absolute atomic E-state index is 0.137. The fourth-order valence-electron chi connectivity index (χ4n) is 5.35. The Morgan fingerprint density at radius 1 is 0.824 bits per heavy atom. The largest absolute Gasteiger partial charge is 0.493 e. The van der Waals surface area contributed by atoms with Crippen molar-refractivity contribution < 1.29 is 19.1 Å². The molecule has 0 spiro atoms. The maximum absolute atomic E-state index is 13.0. The fourth-order valence-corrected chi connectivity index (χ4v) is 5.35. The van der Waals surface area contributed by atoms with Crippen LogP contribution in [0.1, 0.15) is 66.7 Å². The Morgan fingerprint density at radius 3 is 2.12 bits per heavy atom. The van der Waals surface area contributed by atoms with Crippen molar-refractivity contribution in [1.82, 2.24) is 5.32 Å². The number of aryl methyl sites for hydroxylation is 2. The van der Waals surface area contributed by atoms with Gasteiger partial charge in [-0.2, -0.15) is 0 Å². The first-order valence-corrected chi connectivity index (χ1v) is 12.1. The van der Waals surface area contributed by atoms with E-state index in [1.165, 1.54) is 11.1 Å². The molecule has 5 heteroatoms. The molecule has 2 aliphatic carbocycles. The monoisotopic (exact) mass is 457 g/mol. The number of nitrogens with one attached hydrogen (secondary N) is 1. The van der Waals surface area contributed by atoms with Gasteiger partial charge in [0.1, 0.15) is 6.61 Å². The Bertz CT molecular complexity index is 1190. The summed E-state index contributed by atoms with van der Waals surface area (Å²) in [6.07, 6.45) is 4.45. The Labute approximate surface area is 200 Å². The Morgan fingerprint density at radius 2 is 1.50 bits per heavy atom. The number of allylic oxidation sites excluding steroid dienone is 4. The molecule has 0 saturated carbocycles. The number of dihydropyridines is 1. The van der Waals surface area contributed by atoms with Crippen molar-refractivity contribution in [3.05, 3.63) is 81.2 Å². The van der Waals surface area contributed by atoms with Crippen LogP contribution in [0.4, 0.5) is 0 Å². The number of ketones is 2. The molecule has 0 bridgehead atoms. The molecule has 0 atom stereocenters. The minimum Gasteiger partial charge on any atom is -0.493 e. The second kappa shape index (κ2) is 9.13. The summed E-state index contributed by atoms with van der Waals surface area (Å²) in [5.41, 5.74) is 7.98. The molecule has 3 aliphatic rings. The van der Waals surface area contributed by atoms with Crippen molar-refractivity contribution in [2.45, 2.75) is 64.9 Å². The zero-order valence-electron chi connectivity index (χ0n) is 20.1. The fraction of sp³-hybridized carbons (Fsp3) is 0.379. The van der Waals surface area contributed by atoms with Crippen molar-refractivity contribution in [1.29, 1.82) is 0 Å². The molecule has 0 unspecified atom stereocenters. The summed E-state index contributed by atoms with van der Waals surface area (Å²) in [4.78, 5) is 26.1. The number of methoxy groups -OCH3 is 1. The second-order valence-electron chi connectivity index (χ2n) is 9.51. The average molecular weight is 458 g/mol. The molecule has 34 heavy (non-hydrogen) atoms. The second-order valence-corrected chi connectivity index (χ2v) is 9.51. The zero-order chi connectivity index (χ0) is 23.8. The lowest BCUT2D eigenvalue weighted by Crippen LogP contribution is -2.36. The number of Topliss-reactive ketones (excluding diaryl/α,β-unsaturated/α-hetero) is 2. The molecule has 0 aromatic heterocycles. The maximum atomic E-state index is 13.0. The highest BCUT2D eigenvalue weighted by Crippen LogP contribution is 2.46. The highest BCUT2D eigenvalue weighted by Gasteiger charge is 2.40. The van der Waals surface area contributed by atoms with Crippen LogP contribution in [0.5, 0.6) is 11.5 Å². The van der Waals surface area contributed by atoms with E-state index in [2.05, 4.69) is 37.4 Å². The van der Waals surface area contributed by atoms with Gasteiger partial charge >= 0.3 is 0 Å². The van der Waals surface area contributed by atoms with Crippen LogP contribution in [0, 0.1) is 13.8 Å². The first kappa shape index (κ1) is 22.5. The molecule has 1 heterocycles. The lowest BCUT2D eigenvalue weighted by Gasteiger charge is -2.37. The van der Waals surface area contributed by atoms with E-state index in [1.54, 1.807) is 7.11 Å². The molecular formula is C29H31NO4. The van der Waals surface area contributed by atoms with Crippen LogP contribution in [0.2, 0.25) is 0 Å².